The van der Waals surface area contributed by atoms with Crippen LogP contribution in [0.15, 0.2) is 0 Å². The number of nitrogens with one attached hydrogen (secondary N) is 1. The first kappa shape index (κ1) is 17.1. The number of hydrogen-bond donors (Lipinski definition) is 1. The number of carbonyl (C=O) groups is 1. The second-order valence-electron chi connectivity index (χ2n) is 3.86. The molecule has 0 aliphatic rings. The van der Waals surface area contributed by atoms with Gasteiger partial charge in [-0.25, -0.2) is 0 Å². The van der Waals surface area contributed by atoms with Gasteiger partial charge in [0.1, 0.15) is 0 Å². The Hall–Kier alpha value is -0.950. The van der Waals surface area contributed by atoms with Gasteiger partial charge in [-0.2, -0.15) is 26.3 Å². The molecule has 0 aliphatic carbocycles. The molecule has 0 aromatic heterocycles. The lowest BCUT2D eigenvalue weighted by Gasteiger charge is -2.34. The number of rotatable bonds is 5. The maximum Gasteiger partial charge on any atom is 0.412 e. The average molecular weight is 279 g/mol. The molecule has 18 heavy (non-hydrogen) atoms. The highest BCUT2D eigenvalue weighted by atomic mass is 19.4. The molecule has 1 N–H and O–H groups in total. The lowest BCUT2D eigenvalue weighted by molar-refractivity contribution is -0.326. The lowest BCUT2D eigenvalue weighted by atomic mass is 9.82. The molecule has 0 atom stereocenters. The lowest BCUT2D eigenvalue weighted by Crippen LogP contribution is -2.59. The molecular formula is C10H15F6NO. The summed E-state index contributed by atoms with van der Waals surface area (Å²) in [6, 6.07) is 0. The fraction of sp³-hybridized carbons (Fsp3) is 0.900. The molecule has 8 heteroatoms. The normalized spacial score (nSPS) is 13.6. The highest BCUT2D eigenvalue weighted by molar-refractivity contribution is 5.84. The average Bonchev–Trinajstić information content (AvgIpc) is 2.15. The molecule has 0 bridgehead atoms. The Bertz CT molecular complexity index is 269. The summed E-state index contributed by atoms with van der Waals surface area (Å²) in [5, 5.41) is 1.71. The van der Waals surface area contributed by atoms with Crippen LogP contribution in [0.1, 0.15) is 33.1 Å². The van der Waals surface area contributed by atoms with Gasteiger partial charge in [-0.1, -0.05) is 20.3 Å². The van der Waals surface area contributed by atoms with Crippen molar-refractivity contribution in [3.8, 4) is 0 Å². The van der Waals surface area contributed by atoms with E-state index in [2.05, 4.69) is 0 Å². The molecule has 0 unspecified atom stereocenters. The van der Waals surface area contributed by atoms with Gasteiger partial charge in [0.2, 0.25) is 11.3 Å². The van der Waals surface area contributed by atoms with E-state index in [1.807, 2.05) is 0 Å². The van der Waals surface area contributed by atoms with Gasteiger partial charge in [0.25, 0.3) is 0 Å². The molecule has 1 amide bonds. The molecule has 0 saturated carbocycles. The van der Waals surface area contributed by atoms with Gasteiger partial charge in [0.05, 0.1) is 0 Å². The number of halogens is 6. The molecule has 2 nitrogen and oxygen atoms in total. The largest absolute Gasteiger partial charge is 0.412 e. The van der Waals surface area contributed by atoms with Crippen LogP contribution < -0.4 is 5.32 Å². The monoisotopic (exact) mass is 279 g/mol. The van der Waals surface area contributed by atoms with E-state index < -0.39 is 30.1 Å². The van der Waals surface area contributed by atoms with E-state index in [1.54, 1.807) is 12.2 Å². The quantitative estimate of drug-likeness (QED) is 0.606. The van der Waals surface area contributed by atoms with Crippen LogP contribution in [0.4, 0.5) is 26.3 Å². The van der Waals surface area contributed by atoms with Crippen LogP contribution in [0.3, 0.4) is 0 Å². The number of carbonyl (C=O) groups excluding carboxylic acids is 1. The molecule has 0 aromatic rings. The molecule has 0 aromatic carbocycles. The first-order chi connectivity index (χ1) is 8.04. The van der Waals surface area contributed by atoms with E-state index in [4.69, 9.17) is 0 Å². The fourth-order valence-electron chi connectivity index (χ4n) is 1.51. The molecule has 0 saturated heterocycles. The van der Waals surface area contributed by atoms with E-state index >= 15 is 0 Å². The highest BCUT2D eigenvalue weighted by Gasteiger charge is 2.74. The summed E-state index contributed by atoms with van der Waals surface area (Å²) in [5.74, 6) is -2.03. The first-order valence-electron chi connectivity index (χ1n) is 5.46. The molecule has 0 rings (SSSR count). The third-order valence-corrected chi connectivity index (χ3v) is 2.70. The van der Waals surface area contributed by atoms with Gasteiger partial charge in [-0.05, 0) is 12.8 Å². The Morgan fingerprint density at radius 2 is 1.44 bits per heavy atom. The maximum atomic E-state index is 12.7. The van der Waals surface area contributed by atoms with Crippen LogP contribution >= 0.6 is 0 Å². The van der Waals surface area contributed by atoms with E-state index in [0.717, 1.165) is 0 Å². The Balaban J connectivity index is 5.28. The minimum Gasteiger partial charge on any atom is -0.355 e. The van der Waals surface area contributed by atoms with Crippen LogP contribution in [0.25, 0.3) is 0 Å². The Morgan fingerprint density at radius 3 is 1.72 bits per heavy atom. The summed E-state index contributed by atoms with van der Waals surface area (Å²) in [5.41, 5.74) is -4.33. The van der Waals surface area contributed by atoms with Crippen molar-refractivity contribution in [1.29, 1.82) is 0 Å². The van der Waals surface area contributed by atoms with Gasteiger partial charge in [-0.3, -0.25) is 4.79 Å². The van der Waals surface area contributed by atoms with Crippen LogP contribution in [0.5, 0.6) is 0 Å². The molecule has 0 heterocycles. The smallest absolute Gasteiger partial charge is 0.355 e. The predicted molar refractivity (Wildman–Crippen MR) is 52.8 cm³/mol. The summed E-state index contributed by atoms with van der Waals surface area (Å²) >= 11 is 0. The Kier molecular flexibility index (Phi) is 5.49. The molecule has 108 valence electrons. The third kappa shape index (κ3) is 3.08. The van der Waals surface area contributed by atoms with Crippen LogP contribution in [0.2, 0.25) is 0 Å². The summed E-state index contributed by atoms with van der Waals surface area (Å²) in [6.45, 7) is 2.19. The van der Waals surface area contributed by atoms with Crippen molar-refractivity contribution in [3.63, 3.8) is 0 Å². The molecule has 0 spiro atoms. The topological polar surface area (TPSA) is 29.1 Å². The highest BCUT2D eigenvalue weighted by Crippen LogP contribution is 2.52. The van der Waals surface area contributed by atoms with Gasteiger partial charge in [0, 0.05) is 6.54 Å². The summed E-state index contributed by atoms with van der Waals surface area (Å²) in [4.78, 5) is 11.3. The third-order valence-electron chi connectivity index (χ3n) is 2.70. The van der Waals surface area contributed by atoms with Crippen molar-refractivity contribution in [2.75, 3.05) is 6.54 Å². The van der Waals surface area contributed by atoms with E-state index in [9.17, 15) is 31.1 Å². The second-order valence-corrected chi connectivity index (χ2v) is 3.86. The summed E-state index contributed by atoms with van der Waals surface area (Å²) < 4.78 is 75.9. The second kappa shape index (κ2) is 5.79. The first-order valence-corrected chi connectivity index (χ1v) is 5.46. The number of unbranched alkanes of at least 4 members (excludes halogenated alkanes) is 1. The van der Waals surface area contributed by atoms with Crippen LogP contribution in [-0.2, 0) is 4.79 Å². The summed E-state index contributed by atoms with van der Waals surface area (Å²) in [6.07, 6.45) is -11.8. The zero-order valence-corrected chi connectivity index (χ0v) is 10.0. The number of hydrogen-bond acceptors (Lipinski definition) is 1. The summed E-state index contributed by atoms with van der Waals surface area (Å²) in [7, 11) is 0. The van der Waals surface area contributed by atoms with Crippen molar-refractivity contribution in [3.05, 3.63) is 0 Å². The number of amides is 1. The molecular weight excluding hydrogens is 264 g/mol. The van der Waals surface area contributed by atoms with Crippen molar-refractivity contribution in [2.45, 2.75) is 45.5 Å². The van der Waals surface area contributed by atoms with Crippen LogP contribution in [-0.4, -0.2) is 24.8 Å². The molecule has 0 radical (unpaired) electrons. The fourth-order valence-corrected chi connectivity index (χ4v) is 1.51. The van der Waals surface area contributed by atoms with Crippen molar-refractivity contribution < 1.29 is 31.1 Å². The van der Waals surface area contributed by atoms with Gasteiger partial charge < -0.3 is 5.32 Å². The van der Waals surface area contributed by atoms with E-state index in [1.165, 1.54) is 0 Å². The molecule has 0 fully saturated rings. The zero-order valence-electron chi connectivity index (χ0n) is 10.0. The van der Waals surface area contributed by atoms with Gasteiger partial charge in [-0.15, -0.1) is 0 Å². The minimum absolute atomic E-state index is 0.205. The van der Waals surface area contributed by atoms with Crippen molar-refractivity contribution in [2.24, 2.45) is 5.41 Å². The maximum absolute atomic E-state index is 12.7. The molecule has 0 aliphatic heterocycles. The predicted octanol–water partition coefficient (Wildman–Crippen LogP) is 3.42. The number of alkyl halides is 6. The minimum atomic E-state index is -5.67. The standard InChI is InChI=1S/C10H15F6NO/c1-3-5-6-17-7(18)8(4-2,9(11,12)13)10(14,15)16/h3-6H2,1-2H3,(H,17,18). The van der Waals surface area contributed by atoms with E-state index in [0.29, 0.717) is 19.8 Å². The van der Waals surface area contributed by atoms with Crippen LogP contribution in [0, 0.1) is 5.41 Å². The van der Waals surface area contributed by atoms with Crippen molar-refractivity contribution in [1.82, 2.24) is 5.32 Å². The Labute approximate surface area is 101 Å². The van der Waals surface area contributed by atoms with Gasteiger partial charge in [0.15, 0.2) is 0 Å². The van der Waals surface area contributed by atoms with E-state index in [-0.39, 0.29) is 6.54 Å². The van der Waals surface area contributed by atoms with Crippen molar-refractivity contribution >= 4 is 5.91 Å². The zero-order chi connectivity index (χ0) is 14.6. The SMILES string of the molecule is CCCCNC(=O)C(CC)(C(F)(F)F)C(F)(F)F. The Morgan fingerprint density at radius 1 is 1.00 bits per heavy atom. The van der Waals surface area contributed by atoms with Gasteiger partial charge >= 0.3 is 12.4 Å².